The molecule has 2 aromatic rings. The highest BCUT2D eigenvalue weighted by atomic mass is 32.1. The van der Waals surface area contributed by atoms with Gasteiger partial charge in [-0.3, -0.25) is 9.59 Å². The van der Waals surface area contributed by atoms with E-state index >= 15 is 0 Å². The first-order valence-corrected chi connectivity index (χ1v) is 13.3. The van der Waals surface area contributed by atoms with Gasteiger partial charge in [0.25, 0.3) is 0 Å². The maximum Gasteiger partial charge on any atom is 0.226 e. The summed E-state index contributed by atoms with van der Waals surface area (Å²) in [5, 5.41) is 36.7. The highest BCUT2D eigenvalue weighted by Gasteiger charge is 2.37. The normalized spacial score (nSPS) is 27.7. The number of carbonyl (C=O) groups is 2. The second kappa shape index (κ2) is 12.6. The summed E-state index contributed by atoms with van der Waals surface area (Å²) in [5.41, 5.74) is 0.0944. The van der Waals surface area contributed by atoms with Gasteiger partial charge in [0.05, 0.1) is 11.7 Å². The minimum absolute atomic E-state index is 0.0254. The summed E-state index contributed by atoms with van der Waals surface area (Å²) >= 11 is 1.29. The van der Waals surface area contributed by atoms with E-state index in [4.69, 9.17) is 0 Å². The van der Waals surface area contributed by atoms with Crippen LogP contribution in [0.2, 0.25) is 0 Å². The van der Waals surface area contributed by atoms with Crippen LogP contribution in [0.4, 0.5) is 5.13 Å². The number of amides is 2. The van der Waals surface area contributed by atoms with E-state index in [1.807, 2.05) is 37.3 Å². The number of carbonyl (C=O) groups excluding carboxylic acids is 2. The summed E-state index contributed by atoms with van der Waals surface area (Å²) in [6.45, 7) is 6.13. The van der Waals surface area contributed by atoms with Gasteiger partial charge in [-0.2, -0.15) is 0 Å². The quantitative estimate of drug-likeness (QED) is 0.457. The lowest BCUT2D eigenvalue weighted by Crippen LogP contribution is -2.44. The number of benzene rings is 1. The molecule has 0 saturated heterocycles. The van der Waals surface area contributed by atoms with Crippen LogP contribution in [0.3, 0.4) is 0 Å². The Morgan fingerprint density at radius 1 is 1.11 bits per heavy atom. The Bertz CT molecular complexity index is 965. The van der Waals surface area contributed by atoms with E-state index in [1.165, 1.54) is 11.3 Å². The van der Waals surface area contributed by atoms with Crippen LogP contribution in [-0.2, 0) is 9.59 Å². The van der Waals surface area contributed by atoms with Crippen LogP contribution in [0.1, 0.15) is 75.3 Å². The smallest absolute Gasteiger partial charge is 0.226 e. The van der Waals surface area contributed by atoms with Gasteiger partial charge in [0.2, 0.25) is 16.9 Å². The molecule has 1 aromatic carbocycles. The van der Waals surface area contributed by atoms with Crippen LogP contribution in [0.5, 0.6) is 0 Å². The van der Waals surface area contributed by atoms with Gasteiger partial charge in [0.1, 0.15) is 5.01 Å². The van der Waals surface area contributed by atoms with Crippen molar-refractivity contribution in [3.8, 4) is 0 Å². The molecule has 0 aliphatic heterocycles. The Labute approximate surface area is 211 Å². The molecule has 0 radical (unpaired) electrons. The van der Waals surface area contributed by atoms with Crippen LogP contribution in [0.15, 0.2) is 30.3 Å². The molecule has 0 bridgehead atoms. The monoisotopic (exact) mass is 502 g/mol. The van der Waals surface area contributed by atoms with Gasteiger partial charge in [0, 0.05) is 25.3 Å². The molecule has 1 aliphatic rings. The minimum Gasteiger partial charge on any atom is -0.393 e. The molecule has 0 spiro atoms. The third-order valence-corrected chi connectivity index (χ3v) is 7.70. The predicted molar refractivity (Wildman–Crippen MR) is 137 cm³/mol. The molecule has 1 heterocycles. The van der Waals surface area contributed by atoms with E-state index < -0.39 is 11.7 Å². The number of hydrogen-bond donors (Lipinski definition) is 4. The van der Waals surface area contributed by atoms with Gasteiger partial charge >= 0.3 is 0 Å². The molecule has 3 rings (SSSR count). The molecular formula is C26H38N4O4S. The van der Waals surface area contributed by atoms with E-state index in [-0.39, 0.29) is 36.5 Å². The van der Waals surface area contributed by atoms with E-state index in [1.54, 1.807) is 6.92 Å². The van der Waals surface area contributed by atoms with Crippen molar-refractivity contribution in [2.45, 2.75) is 83.3 Å². The number of anilines is 1. The molecule has 1 saturated carbocycles. The lowest BCUT2D eigenvalue weighted by Gasteiger charge is -2.38. The molecule has 35 heavy (non-hydrogen) atoms. The Morgan fingerprint density at radius 2 is 1.83 bits per heavy atom. The first-order valence-electron chi connectivity index (χ1n) is 12.4. The summed E-state index contributed by atoms with van der Waals surface area (Å²) < 4.78 is 0. The number of aromatic nitrogens is 2. The molecular weight excluding hydrogens is 464 g/mol. The third kappa shape index (κ3) is 8.66. The molecule has 1 aromatic heterocycles. The van der Waals surface area contributed by atoms with E-state index in [2.05, 4.69) is 27.8 Å². The number of nitrogens with zero attached hydrogens (tertiary/aromatic N) is 2. The van der Waals surface area contributed by atoms with Gasteiger partial charge in [-0.25, -0.2) is 0 Å². The maximum absolute atomic E-state index is 12.5. The Balaban J connectivity index is 1.58. The predicted octanol–water partition coefficient (Wildman–Crippen LogP) is 3.79. The van der Waals surface area contributed by atoms with Crippen LogP contribution < -0.4 is 10.6 Å². The number of aliphatic hydroxyl groups is 2. The number of nitrogens with one attached hydrogen (secondary N) is 2. The van der Waals surface area contributed by atoms with Gasteiger partial charge in [-0.05, 0) is 56.9 Å². The Hall–Kier alpha value is -2.36. The fourth-order valence-electron chi connectivity index (χ4n) is 4.93. The van der Waals surface area contributed by atoms with Crippen molar-refractivity contribution >= 4 is 28.3 Å². The summed E-state index contributed by atoms with van der Waals surface area (Å²) in [7, 11) is 0. The highest BCUT2D eigenvalue weighted by molar-refractivity contribution is 7.15. The minimum atomic E-state index is -1.02. The molecule has 2 amide bonds. The zero-order chi connectivity index (χ0) is 25.4. The zero-order valence-electron chi connectivity index (χ0n) is 20.9. The summed E-state index contributed by atoms with van der Waals surface area (Å²) in [6, 6.07) is 10.0. The highest BCUT2D eigenvalue weighted by Crippen LogP contribution is 2.38. The first kappa shape index (κ1) is 27.2. The van der Waals surface area contributed by atoms with Crippen molar-refractivity contribution in [2.24, 2.45) is 11.8 Å². The summed E-state index contributed by atoms with van der Waals surface area (Å²) in [4.78, 5) is 24.6. The van der Waals surface area contributed by atoms with Crippen LogP contribution in [-0.4, -0.2) is 50.5 Å². The lowest BCUT2D eigenvalue weighted by molar-refractivity contribution is -0.125. The standard InChI is InChI=1S/C26H38N4O4S/c1-17-9-10-21(16-27-23(32)11-12-24(33)28-25-30-29-18(2)35-25)26(3,34)15-20(14-22(31)13-17)19-7-5-4-6-8-19/h4-8,17,20-22,31,34H,9-16H2,1-3H3,(H,27,32)(H,28,30,33)/t17-,20-,21+,22+,26-/m1/s1. The fraction of sp³-hybridized carbons (Fsp3) is 0.615. The zero-order valence-corrected chi connectivity index (χ0v) is 21.7. The average molecular weight is 503 g/mol. The number of hydrogen-bond acceptors (Lipinski definition) is 7. The average Bonchev–Trinajstić information content (AvgIpc) is 3.21. The number of rotatable bonds is 7. The lowest BCUT2D eigenvalue weighted by atomic mass is 9.73. The third-order valence-electron chi connectivity index (χ3n) is 6.95. The molecule has 192 valence electrons. The number of aryl methyl sites for hydroxylation is 1. The maximum atomic E-state index is 12.5. The van der Waals surface area contributed by atoms with Gasteiger partial charge in [0.15, 0.2) is 0 Å². The SMILES string of the molecule is Cc1nnc(NC(=O)CCC(=O)NC[C@@H]2CC[C@@H](C)C[C@H](O)C[C@@H](c3ccccc3)C[C@@]2(C)O)s1. The van der Waals surface area contributed by atoms with Crippen molar-refractivity contribution in [3.63, 3.8) is 0 Å². The van der Waals surface area contributed by atoms with Crippen molar-refractivity contribution in [1.82, 2.24) is 15.5 Å². The summed E-state index contributed by atoms with van der Waals surface area (Å²) in [5.74, 6) is -0.281. The van der Waals surface area contributed by atoms with Crippen molar-refractivity contribution in [3.05, 3.63) is 40.9 Å². The molecule has 9 heteroatoms. The van der Waals surface area contributed by atoms with Crippen LogP contribution in [0.25, 0.3) is 0 Å². The van der Waals surface area contributed by atoms with Gasteiger partial charge in [-0.1, -0.05) is 55.0 Å². The second-order valence-corrected chi connectivity index (χ2v) is 11.3. The topological polar surface area (TPSA) is 124 Å². The molecule has 1 fully saturated rings. The molecule has 0 unspecified atom stereocenters. The van der Waals surface area contributed by atoms with E-state index in [9.17, 15) is 19.8 Å². The molecule has 5 atom stereocenters. The van der Waals surface area contributed by atoms with E-state index in [0.717, 1.165) is 29.8 Å². The van der Waals surface area contributed by atoms with E-state index in [0.29, 0.717) is 30.4 Å². The Morgan fingerprint density at radius 3 is 2.51 bits per heavy atom. The largest absolute Gasteiger partial charge is 0.393 e. The second-order valence-electron chi connectivity index (χ2n) is 10.2. The Kier molecular flexibility index (Phi) is 9.77. The molecule has 8 nitrogen and oxygen atoms in total. The van der Waals surface area contributed by atoms with Crippen LogP contribution in [0, 0.1) is 18.8 Å². The first-order chi connectivity index (χ1) is 16.6. The van der Waals surface area contributed by atoms with Crippen molar-refractivity contribution in [2.75, 3.05) is 11.9 Å². The molecule has 1 aliphatic carbocycles. The van der Waals surface area contributed by atoms with Gasteiger partial charge < -0.3 is 20.8 Å². The molecule has 4 N–H and O–H groups in total. The number of aliphatic hydroxyl groups excluding tert-OH is 1. The summed E-state index contributed by atoms with van der Waals surface area (Å²) in [6.07, 6.45) is 3.17. The van der Waals surface area contributed by atoms with Crippen molar-refractivity contribution in [1.29, 1.82) is 0 Å². The van der Waals surface area contributed by atoms with Gasteiger partial charge in [-0.15, -0.1) is 10.2 Å². The fourth-order valence-corrected chi connectivity index (χ4v) is 5.54. The van der Waals surface area contributed by atoms with Crippen molar-refractivity contribution < 1.29 is 19.8 Å². The van der Waals surface area contributed by atoms with Crippen LogP contribution >= 0.6 is 11.3 Å².